The van der Waals surface area contributed by atoms with Crippen LogP contribution in [0.1, 0.15) is 36.8 Å². The Labute approximate surface area is 188 Å². The van der Waals surface area contributed by atoms with Crippen molar-refractivity contribution in [3.8, 4) is 0 Å². The molecular weight excluding hydrogens is 396 g/mol. The van der Waals surface area contributed by atoms with Gasteiger partial charge >= 0.3 is 0 Å². The van der Waals surface area contributed by atoms with Gasteiger partial charge in [-0.25, -0.2) is 9.50 Å². The maximum absolute atomic E-state index is 6.06. The molecular formula is C26H30N6. The first-order valence-corrected chi connectivity index (χ1v) is 11.5. The fourth-order valence-corrected chi connectivity index (χ4v) is 4.45. The maximum Gasteiger partial charge on any atom is 0.177 e. The number of nitrogens with one attached hydrogen (secondary N) is 2. The molecule has 1 aliphatic carbocycles. The van der Waals surface area contributed by atoms with Crippen molar-refractivity contribution in [3.05, 3.63) is 84.2 Å². The van der Waals surface area contributed by atoms with E-state index in [4.69, 9.17) is 10.8 Å². The molecule has 0 atom stereocenters. The van der Waals surface area contributed by atoms with Gasteiger partial charge in [-0.1, -0.05) is 42.5 Å². The Kier molecular flexibility index (Phi) is 6.03. The van der Waals surface area contributed by atoms with E-state index >= 15 is 0 Å². The standard InChI is InChI=1S/C26H30N6/c27-21-11-13-22(14-12-21)30-25-18-24(26-28-15-16-32(26)31-25)29-23-8-4-7-20(17-23)10-9-19-5-2-1-3-6-19/h1-8,15-18,21-22,29H,9-14,27H2,(H,30,31)/t21-,22-. The first-order chi connectivity index (χ1) is 15.7. The fraction of sp³-hybridized carbons (Fsp3) is 0.308. The predicted octanol–water partition coefficient (Wildman–Crippen LogP) is 4.94. The highest BCUT2D eigenvalue weighted by Gasteiger charge is 2.19. The Hall–Kier alpha value is -3.38. The van der Waals surface area contributed by atoms with Gasteiger partial charge in [-0.2, -0.15) is 0 Å². The molecule has 4 aromatic rings. The minimum absolute atomic E-state index is 0.337. The fourth-order valence-electron chi connectivity index (χ4n) is 4.45. The summed E-state index contributed by atoms with van der Waals surface area (Å²) in [4.78, 5) is 4.50. The average Bonchev–Trinajstić information content (AvgIpc) is 3.29. The van der Waals surface area contributed by atoms with Crippen molar-refractivity contribution in [1.29, 1.82) is 0 Å². The van der Waals surface area contributed by atoms with Crippen LogP contribution in [0.2, 0.25) is 0 Å². The minimum atomic E-state index is 0.337. The lowest BCUT2D eigenvalue weighted by atomic mass is 9.92. The first-order valence-electron chi connectivity index (χ1n) is 11.5. The van der Waals surface area contributed by atoms with Crippen LogP contribution in [-0.4, -0.2) is 26.7 Å². The van der Waals surface area contributed by atoms with Gasteiger partial charge in [0.15, 0.2) is 5.65 Å². The topological polar surface area (TPSA) is 80.3 Å². The molecule has 32 heavy (non-hydrogen) atoms. The summed E-state index contributed by atoms with van der Waals surface area (Å²) in [5.41, 5.74) is 11.5. The van der Waals surface area contributed by atoms with E-state index < -0.39 is 0 Å². The van der Waals surface area contributed by atoms with E-state index in [0.29, 0.717) is 12.1 Å². The van der Waals surface area contributed by atoms with Gasteiger partial charge in [0.05, 0.1) is 5.69 Å². The molecule has 1 aliphatic rings. The van der Waals surface area contributed by atoms with Gasteiger partial charge in [0, 0.05) is 36.2 Å². The monoisotopic (exact) mass is 426 g/mol. The van der Waals surface area contributed by atoms with Crippen LogP contribution in [0.25, 0.3) is 5.65 Å². The Morgan fingerprint density at radius 1 is 0.906 bits per heavy atom. The molecule has 0 bridgehead atoms. The lowest BCUT2D eigenvalue weighted by Gasteiger charge is -2.27. The first kappa shape index (κ1) is 20.5. The normalized spacial score (nSPS) is 18.5. The van der Waals surface area contributed by atoms with Crippen LogP contribution < -0.4 is 16.4 Å². The molecule has 2 aromatic heterocycles. The largest absolute Gasteiger partial charge is 0.366 e. The summed E-state index contributed by atoms with van der Waals surface area (Å²) in [7, 11) is 0. The Morgan fingerprint density at radius 2 is 1.69 bits per heavy atom. The second-order valence-corrected chi connectivity index (χ2v) is 8.71. The number of aromatic nitrogens is 3. The smallest absolute Gasteiger partial charge is 0.177 e. The number of anilines is 3. The van der Waals surface area contributed by atoms with Gasteiger partial charge in [-0.3, -0.25) is 0 Å². The lowest BCUT2D eigenvalue weighted by Crippen LogP contribution is -2.33. The minimum Gasteiger partial charge on any atom is -0.366 e. The zero-order chi connectivity index (χ0) is 21.8. The van der Waals surface area contributed by atoms with Crippen LogP contribution in [0, 0.1) is 0 Å². The van der Waals surface area contributed by atoms with Crippen molar-refractivity contribution in [2.75, 3.05) is 10.6 Å². The summed E-state index contributed by atoms with van der Waals surface area (Å²) in [5.74, 6) is 0.860. The summed E-state index contributed by atoms with van der Waals surface area (Å²) >= 11 is 0. The van der Waals surface area contributed by atoms with Crippen molar-refractivity contribution in [2.45, 2.75) is 50.6 Å². The third kappa shape index (κ3) is 4.92. The number of hydrogen-bond donors (Lipinski definition) is 3. The van der Waals surface area contributed by atoms with E-state index in [1.165, 1.54) is 11.1 Å². The third-order valence-electron chi connectivity index (χ3n) is 6.23. The summed E-state index contributed by atoms with van der Waals surface area (Å²) in [5, 5.41) is 11.9. The van der Waals surface area contributed by atoms with Crippen molar-refractivity contribution in [3.63, 3.8) is 0 Å². The molecule has 0 aliphatic heterocycles. The van der Waals surface area contributed by atoms with E-state index in [-0.39, 0.29) is 0 Å². The Balaban J connectivity index is 1.32. The van der Waals surface area contributed by atoms with Crippen LogP contribution in [0.3, 0.4) is 0 Å². The van der Waals surface area contributed by atoms with Crippen molar-refractivity contribution < 1.29 is 0 Å². The van der Waals surface area contributed by atoms with E-state index in [0.717, 1.165) is 61.4 Å². The summed E-state index contributed by atoms with van der Waals surface area (Å²) in [6.07, 6.45) is 9.99. The quantitative estimate of drug-likeness (QED) is 0.390. The number of benzene rings is 2. The number of nitrogens with zero attached hydrogens (tertiary/aromatic N) is 3. The molecule has 0 spiro atoms. The van der Waals surface area contributed by atoms with Crippen LogP contribution >= 0.6 is 0 Å². The van der Waals surface area contributed by atoms with E-state index in [1.54, 1.807) is 6.20 Å². The molecule has 1 fully saturated rings. The molecule has 5 rings (SSSR count). The number of imidazole rings is 1. The van der Waals surface area contributed by atoms with Gasteiger partial charge in [-0.15, -0.1) is 5.10 Å². The molecule has 1 saturated carbocycles. The van der Waals surface area contributed by atoms with Gasteiger partial charge < -0.3 is 16.4 Å². The van der Waals surface area contributed by atoms with E-state index in [2.05, 4.69) is 76.3 Å². The maximum atomic E-state index is 6.06. The zero-order valence-corrected chi connectivity index (χ0v) is 18.2. The SMILES string of the molecule is N[C@H]1CC[C@H](Nc2cc(Nc3cccc(CCc4ccccc4)c3)c3nccn3n2)CC1. The lowest BCUT2D eigenvalue weighted by molar-refractivity contribution is 0.410. The average molecular weight is 427 g/mol. The molecule has 6 nitrogen and oxygen atoms in total. The summed E-state index contributed by atoms with van der Waals surface area (Å²) in [6, 6.07) is 22.0. The second kappa shape index (κ2) is 9.40. The van der Waals surface area contributed by atoms with Crippen LogP contribution in [-0.2, 0) is 12.8 Å². The molecule has 164 valence electrons. The number of hydrogen-bond acceptors (Lipinski definition) is 5. The van der Waals surface area contributed by atoms with E-state index in [1.807, 2.05) is 10.7 Å². The van der Waals surface area contributed by atoms with Crippen molar-refractivity contribution in [2.24, 2.45) is 5.73 Å². The number of fused-ring (bicyclic) bond motifs is 1. The summed E-state index contributed by atoms with van der Waals surface area (Å²) < 4.78 is 1.83. The van der Waals surface area contributed by atoms with Crippen LogP contribution in [0.15, 0.2) is 73.1 Å². The predicted molar refractivity (Wildman–Crippen MR) is 130 cm³/mol. The molecule has 4 N–H and O–H groups in total. The zero-order valence-electron chi connectivity index (χ0n) is 18.2. The molecule has 2 aromatic carbocycles. The molecule has 0 saturated heterocycles. The Morgan fingerprint density at radius 3 is 2.53 bits per heavy atom. The highest BCUT2D eigenvalue weighted by Crippen LogP contribution is 2.26. The number of rotatable bonds is 7. The summed E-state index contributed by atoms with van der Waals surface area (Å²) in [6.45, 7) is 0. The van der Waals surface area contributed by atoms with Crippen molar-refractivity contribution in [1.82, 2.24) is 14.6 Å². The van der Waals surface area contributed by atoms with Gasteiger partial charge in [0.25, 0.3) is 0 Å². The van der Waals surface area contributed by atoms with Gasteiger partial charge in [-0.05, 0) is 61.8 Å². The molecule has 6 heteroatoms. The second-order valence-electron chi connectivity index (χ2n) is 8.71. The van der Waals surface area contributed by atoms with Crippen LogP contribution in [0.4, 0.5) is 17.2 Å². The molecule has 0 unspecified atom stereocenters. The number of nitrogens with two attached hydrogens (primary N) is 1. The number of aryl methyl sites for hydroxylation is 2. The van der Waals surface area contributed by atoms with Crippen LogP contribution in [0.5, 0.6) is 0 Å². The van der Waals surface area contributed by atoms with Gasteiger partial charge in [0.1, 0.15) is 5.82 Å². The molecule has 0 radical (unpaired) electrons. The third-order valence-corrected chi connectivity index (χ3v) is 6.23. The van der Waals surface area contributed by atoms with Crippen molar-refractivity contribution >= 4 is 22.8 Å². The highest BCUT2D eigenvalue weighted by atomic mass is 15.3. The van der Waals surface area contributed by atoms with Gasteiger partial charge in [0.2, 0.25) is 0 Å². The highest BCUT2D eigenvalue weighted by molar-refractivity contribution is 5.76. The molecule has 0 amide bonds. The van der Waals surface area contributed by atoms with E-state index in [9.17, 15) is 0 Å². The Bertz CT molecular complexity index is 1160. The molecule has 2 heterocycles.